The second-order valence-corrected chi connectivity index (χ2v) is 5.69. The molecule has 0 saturated carbocycles. The maximum atomic E-state index is 5.43. The van der Waals surface area contributed by atoms with Crippen LogP contribution in [-0.2, 0) is 6.42 Å². The second-order valence-electron chi connectivity index (χ2n) is 5.69. The number of piperidine rings is 1. The molecule has 0 amide bonds. The summed E-state index contributed by atoms with van der Waals surface area (Å²) in [6, 6.07) is 6.49. The predicted octanol–water partition coefficient (Wildman–Crippen LogP) is 2.74. The van der Waals surface area contributed by atoms with Crippen LogP contribution in [0.4, 0.5) is 0 Å². The first kappa shape index (κ1) is 13.3. The summed E-state index contributed by atoms with van der Waals surface area (Å²) in [5.41, 5.74) is 3.86. The van der Waals surface area contributed by atoms with E-state index < -0.39 is 0 Å². The molecule has 1 aliphatic rings. The third-order valence-corrected chi connectivity index (χ3v) is 4.06. The van der Waals surface area contributed by atoms with Gasteiger partial charge in [-0.05, 0) is 49.9 Å². The number of aromatic nitrogens is 2. The quantitative estimate of drug-likeness (QED) is 0.932. The molecule has 0 bridgehead atoms. The summed E-state index contributed by atoms with van der Waals surface area (Å²) in [6.07, 6.45) is 3.06. The number of nitrogens with one attached hydrogen (secondary N) is 1. The highest BCUT2D eigenvalue weighted by Crippen LogP contribution is 2.22. The molecule has 1 saturated heterocycles. The van der Waals surface area contributed by atoms with Crippen LogP contribution in [0.1, 0.15) is 47.2 Å². The van der Waals surface area contributed by atoms with Crippen LogP contribution in [0.3, 0.4) is 0 Å². The van der Waals surface area contributed by atoms with Crippen molar-refractivity contribution in [2.45, 2.75) is 39.0 Å². The Morgan fingerprint density at radius 2 is 2.20 bits per heavy atom. The lowest BCUT2D eigenvalue weighted by Crippen LogP contribution is -2.28. The zero-order chi connectivity index (χ0) is 13.9. The molecular weight excluding hydrogens is 250 g/mol. The molecule has 2 heterocycles. The molecule has 1 N–H and O–H groups in total. The number of hydrogen-bond acceptors (Lipinski definition) is 4. The Morgan fingerprint density at radius 3 is 2.95 bits per heavy atom. The lowest BCUT2D eigenvalue weighted by molar-refractivity contribution is 0.320. The van der Waals surface area contributed by atoms with Gasteiger partial charge in [-0.3, -0.25) is 0 Å². The normalized spacial score (nSPS) is 19.2. The maximum Gasteiger partial charge on any atom is 0.231 e. The third kappa shape index (κ3) is 2.90. The molecule has 1 atom stereocenters. The van der Waals surface area contributed by atoms with Gasteiger partial charge in [0.15, 0.2) is 5.82 Å². The van der Waals surface area contributed by atoms with Crippen LogP contribution >= 0.6 is 0 Å². The van der Waals surface area contributed by atoms with Gasteiger partial charge in [0.05, 0.1) is 5.92 Å². The minimum Gasteiger partial charge on any atom is -0.339 e. The number of benzene rings is 1. The summed E-state index contributed by atoms with van der Waals surface area (Å²) in [4.78, 5) is 4.56. The molecule has 20 heavy (non-hydrogen) atoms. The Morgan fingerprint density at radius 1 is 1.30 bits per heavy atom. The smallest absolute Gasteiger partial charge is 0.231 e. The Kier molecular flexibility index (Phi) is 3.83. The van der Waals surface area contributed by atoms with Crippen LogP contribution in [-0.4, -0.2) is 23.2 Å². The third-order valence-electron chi connectivity index (χ3n) is 4.06. The van der Waals surface area contributed by atoms with Crippen LogP contribution in [0, 0.1) is 13.8 Å². The van der Waals surface area contributed by atoms with E-state index in [9.17, 15) is 0 Å². The molecule has 0 unspecified atom stereocenters. The van der Waals surface area contributed by atoms with Crippen molar-refractivity contribution in [3.63, 3.8) is 0 Å². The van der Waals surface area contributed by atoms with E-state index in [-0.39, 0.29) is 0 Å². The Labute approximate surface area is 119 Å². The van der Waals surface area contributed by atoms with E-state index in [1.54, 1.807) is 0 Å². The van der Waals surface area contributed by atoms with Crippen molar-refractivity contribution in [1.29, 1.82) is 0 Å². The molecule has 1 aromatic carbocycles. The van der Waals surface area contributed by atoms with Gasteiger partial charge < -0.3 is 9.84 Å². The molecule has 4 heteroatoms. The van der Waals surface area contributed by atoms with Gasteiger partial charge in [-0.1, -0.05) is 23.4 Å². The van der Waals surface area contributed by atoms with Gasteiger partial charge >= 0.3 is 0 Å². The first-order chi connectivity index (χ1) is 9.72. The van der Waals surface area contributed by atoms with Crippen molar-refractivity contribution in [3.8, 4) is 0 Å². The van der Waals surface area contributed by atoms with E-state index >= 15 is 0 Å². The number of hydrogen-bond donors (Lipinski definition) is 1. The van der Waals surface area contributed by atoms with Crippen molar-refractivity contribution in [2.75, 3.05) is 13.1 Å². The fourth-order valence-corrected chi connectivity index (χ4v) is 2.66. The summed E-state index contributed by atoms with van der Waals surface area (Å²) >= 11 is 0. The fraction of sp³-hybridized carbons (Fsp3) is 0.500. The van der Waals surface area contributed by atoms with Crippen molar-refractivity contribution < 1.29 is 4.52 Å². The average molecular weight is 271 g/mol. The van der Waals surface area contributed by atoms with Crippen molar-refractivity contribution >= 4 is 0 Å². The van der Waals surface area contributed by atoms with Crippen LogP contribution < -0.4 is 5.32 Å². The molecule has 0 spiro atoms. The van der Waals surface area contributed by atoms with E-state index in [4.69, 9.17) is 4.52 Å². The summed E-state index contributed by atoms with van der Waals surface area (Å²) in [5.74, 6) is 1.95. The van der Waals surface area contributed by atoms with E-state index in [0.717, 1.165) is 37.6 Å². The zero-order valence-electron chi connectivity index (χ0n) is 12.1. The van der Waals surface area contributed by atoms with Gasteiger partial charge in [-0.25, -0.2) is 0 Å². The SMILES string of the molecule is Cc1ccc(Cc2noc([C@H]3CCCNC3)n2)cc1C. The lowest BCUT2D eigenvalue weighted by Gasteiger charge is -2.18. The van der Waals surface area contributed by atoms with Gasteiger partial charge in [-0.15, -0.1) is 0 Å². The average Bonchev–Trinajstić information content (AvgIpc) is 2.92. The van der Waals surface area contributed by atoms with Gasteiger partial charge in [0, 0.05) is 13.0 Å². The molecule has 4 nitrogen and oxygen atoms in total. The molecule has 2 aromatic rings. The minimum absolute atomic E-state index is 0.379. The standard InChI is InChI=1S/C16H21N3O/c1-11-5-6-13(8-12(11)2)9-15-18-16(20-19-15)14-4-3-7-17-10-14/h5-6,8,14,17H,3-4,7,9-10H2,1-2H3/t14-/m0/s1. The highest BCUT2D eigenvalue weighted by atomic mass is 16.5. The molecule has 3 rings (SSSR count). The van der Waals surface area contributed by atoms with Gasteiger partial charge in [0.2, 0.25) is 5.89 Å². The fourth-order valence-electron chi connectivity index (χ4n) is 2.66. The number of nitrogens with zero attached hydrogens (tertiary/aromatic N) is 2. The van der Waals surface area contributed by atoms with E-state index in [2.05, 4.69) is 47.5 Å². The van der Waals surface area contributed by atoms with E-state index in [1.807, 2.05) is 0 Å². The Balaban J connectivity index is 1.71. The molecular formula is C16H21N3O. The summed E-state index contributed by atoms with van der Waals surface area (Å²) in [6.45, 7) is 6.31. The number of rotatable bonds is 3. The summed E-state index contributed by atoms with van der Waals surface area (Å²) < 4.78 is 5.43. The maximum absolute atomic E-state index is 5.43. The van der Waals surface area contributed by atoms with Crippen molar-refractivity contribution in [2.24, 2.45) is 0 Å². The minimum atomic E-state index is 0.379. The first-order valence-electron chi connectivity index (χ1n) is 7.31. The Hall–Kier alpha value is -1.68. The van der Waals surface area contributed by atoms with Crippen molar-refractivity contribution in [3.05, 3.63) is 46.6 Å². The second kappa shape index (κ2) is 5.75. The number of aryl methyl sites for hydroxylation is 2. The topological polar surface area (TPSA) is 51.0 Å². The summed E-state index contributed by atoms with van der Waals surface area (Å²) in [7, 11) is 0. The molecule has 1 fully saturated rings. The summed E-state index contributed by atoms with van der Waals surface area (Å²) in [5, 5.41) is 7.50. The van der Waals surface area contributed by atoms with Gasteiger partial charge in [-0.2, -0.15) is 4.98 Å². The zero-order valence-corrected chi connectivity index (χ0v) is 12.1. The van der Waals surface area contributed by atoms with Crippen molar-refractivity contribution in [1.82, 2.24) is 15.5 Å². The van der Waals surface area contributed by atoms with E-state index in [1.165, 1.54) is 23.1 Å². The van der Waals surface area contributed by atoms with Crippen LogP contribution in [0.5, 0.6) is 0 Å². The molecule has 106 valence electrons. The molecule has 0 aliphatic carbocycles. The van der Waals surface area contributed by atoms with Gasteiger partial charge in [0.1, 0.15) is 0 Å². The predicted molar refractivity (Wildman–Crippen MR) is 77.9 cm³/mol. The monoisotopic (exact) mass is 271 g/mol. The van der Waals surface area contributed by atoms with Crippen LogP contribution in [0.15, 0.2) is 22.7 Å². The Bertz CT molecular complexity index is 585. The molecule has 1 aliphatic heterocycles. The highest BCUT2D eigenvalue weighted by molar-refractivity contribution is 5.31. The van der Waals surface area contributed by atoms with Gasteiger partial charge in [0.25, 0.3) is 0 Å². The van der Waals surface area contributed by atoms with Crippen LogP contribution in [0.2, 0.25) is 0 Å². The van der Waals surface area contributed by atoms with Crippen LogP contribution in [0.25, 0.3) is 0 Å². The highest BCUT2D eigenvalue weighted by Gasteiger charge is 2.21. The molecule has 1 aromatic heterocycles. The largest absolute Gasteiger partial charge is 0.339 e. The lowest BCUT2D eigenvalue weighted by atomic mass is 10.00. The first-order valence-corrected chi connectivity index (χ1v) is 7.31. The van der Waals surface area contributed by atoms with E-state index in [0.29, 0.717) is 5.92 Å². The molecule has 0 radical (unpaired) electrons.